The summed E-state index contributed by atoms with van der Waals surface area (Å²) in [6, 6.07) is 8.09. The standard InChI is InChI=1S/C26H30N4O3S2/c1-5-14-30-23(18-12-10-17(4)11-13-18)28-29-26(30)34-15-21(31)27-24-22(25(32)33-16(2)3)19-8-6-7-9-20(19)35-24/h5,10-13,16H,1,6-9,14-15H2,2-4H3,(H,27,31). The first-order valence-corrected chi connectivity index (χ1v) is 13.6. The quantitative estimate of drug-likeness (QED) is 0.227. The van der Waals surface area contributed by atoms with Gasteiger partial charge in [-0.3, -0.25) is 9.36 Å². The third-order valence-corrected chi connectivity index (χ3v) is 7.82. The number of fused-ring (bicyclic) bond motifs is 1. The molecule has 1 aliphatic rings. The number of nitrogens with zero attached hydrogens (tertiary/aromatic N) is 3. The first-order valence-electron chi connectivity index (χ1n) is 11.8. The average molecular weight is 511 g/mol. The fourth-order valence-electron chi connectivity index (χ4n) is 4.04. The minimum Gasteiger partial charge on any atom is -0.459 e. The number of aryl methyl sites for hydroxylation is 2. The fraction of sp³-hybridized carbons (Fsp3) is 0.385. The van der Waals surface area contributed by atoms with E-state index in [9.17, 15) is 9.59 Å². The Morgan fingerprint density at radius 2 is 1.97 bits per heavy atom. The third-order valence-electron chi connectivity index (χ3n) is 5.64. The highest BCUT2D eigenvalue weighted by Crippen LogP contribution is 2.39. The highest BCUT2D eigenvalue weighted by atomic mass is 32.2. The molecular formula is C26H30N4O3S2. The molecule has 0 unspecified atom stereocenters. The fourth-order valence-corrected chi connectivity index (χ4v) is 6.08. The maximum absolute atomic E-state index is 12.9. The van der Waals surface area contributed by atoms with E-state index in [4.69, 9.17) is 4.74 Å². The molecule has 0 bridgehead atoms. The van der Waals surface area contributed by atoms with Crippen molar-refractivity contribution in [2.24, 2.45) is 0 Å². The Morgan fingerprint density at radius 3 is 2.69 bits per heavy atom. The Kier molecular flexibility index (Phi) is 8.07. The van der Waals surface area contributed by atoms with Gasteiger partial charge in [0.15, 0.2) is 11.0 Å². The Hall–Kier alpha value is -2.91. The second-order valence-electron chi connectivity index (χ2n) is 8.78. The van der Waals surface area contributed by atoms with Crippen LogP contribution < -0.4 is 5.32 Å². The summed E-state index contributed by atoms with van der Waals surface area (Å²) in [6.07, 6.45) is 5.47. The molecule has 2 aromatic heterocycles. The molecule has 0 atom stereocenters. The zero-order chi connectivity index (χ0) is 24.9. The number of thiophene rings is 1. The summed E-state index contributed by atoms with van der Waals surface area (Å²) in [5.74, 6) is 0.315. The molecule has 9 heteroatoms. The van der Waals surface area contributed by atoms with Crippen LogP contribution in [0, 0.1) is 6.92 Å². The van der Waals surface area contributed by atoms with Crippen molar-refractivity contribution < 1.29 is 14.3 Å². The number of ether oxygens (including phenoxy) is 1. The van der Waals surface area contributed by atoms with E-state index >= 15 is 0 Å². The second kappa shape index (κ2) is 11.2. The molecular weight excluding hydrogens is 480 g/mol. The van der Waals surface area contributed by atoms with Gasteiger partial charge in [-0.05, 0) is 52.0 Å². The van der Waals surface area contributed by atoms with Crippen LogP contribution in [-0.4, -0.2) is 38.5 Å². The van der Waals surface area contributed by atoms with Crippen LogP contribution in [-0.2, 0) is 28.9 Å². The van der Waals surface area contributed by atoms with Crippen molar-refractivity contribution in [3.8, 4) is 11.4 Å². The van der Waals surface area contributed by atoms with Gasteiger partial charge in [0.2, 0.25) is 5.91 Å². The first kappa shape index (κ1) is 25.2. The van der Waals surface area contributed by atoms with E-state index in [-0.39, 0.29) is 23.7 Å². The van der Waals surface area contributed by atoms with E-state index in [1.807, 2.05) is 49.6 Å². The lowest BCUT2D eigenvalue weighted by Crippen LogP contribution is -2.19. The SMILES string of the molecule is C=CCn1c(SCC(=O)Nc2sc3c(c2C(=O)OC(C)C)CCCC3)nnc1-c1ccc(C)cc1. The van der Waals surface area contributed by atoms with Gasteiger partial charge < -0.3 is 10.1 Å². The zero-order valence-corrected chi connectivity index (χ0v) is 21.9. The number of esters is 1. The molecule has 0 spiro atoms. The normalized spacial score (nSPS) is 12.9. The van der Waals surface area contributed by atoms with Gasteiger partial charge in [0, 0.05) is 17.0 Å². The summed E-state index contributed by atoms with van der Waals surface area (Å²) < 4.78 is 7.44. The largest absolute Gasteiger partial charge is 0.459 e. The number of anilines is 1. The number of nitrogens with one attached hydrogen (secondary N) is 1. The molecule has 4 rings (SSSR count). The van der Waals surface area contributed by atoms with Gasteiger partial charge in [0.05, 0.1) is 17.4 Å². The number of benzene rings is 1. The van der Waals surface area contributed by atoms with Gasteiger partial charge in [-0.2, -0.15) is 0 Å². The minimum atomic E-state index is -0.365. The van der Waals surface area contributed by atoms with Crippen molar-refractivity contribution in [3.63, 3.8) is 0 Å². The number of thioether (sulfide) groups is 1. The van der Waals surface area contributed by atoms with Gasteiger partial charge in [0.25, 0.3) is 0 Å². The number of carbonyl (C=O) groups is 2. The van der Waals surface area contributed by atoms with E-state index < -0.39 is 0 Å². The molecule has 2 heterocycles. The Morgan fingerprint density at radius 1 is 1.23 bits per heavy atom. The van der Waals surface area contributed by atoms with Crippen molar-refractivity contribution in [2.45, 2.75) is 64.3 Å². The van der Waals surface area contributed by atoms with Gasteiger partial charge in [-0.25, -0.2) is 4.79 Å². The third kappa shape index (κ3) is 5.85. The number of rotatable bonds is 9. The van der Waals surface area contributed by atoms with Crippen LogP contribution in [0.3, 0.4) is 0 Å². The van der Waals surface area contributed by atoms with Crippen molar-refractivity contribution in [3.05, 3.63) is 58.5 Å². The van der Waals surface area contributed by atoms with Gasteiger partial charge in [-0.1, -0.05) is 47.7 Å². The molecule has 0 saturated heterocycles. The molecule has 0 saturated carbocycles. The smallest absolute Gasteiger partial charge is 0.341 e. The van der Waals surface area contributed by atoms with E-state index in [1.54, 1.807) is 6.08 Å². The van der Waals surface area contributed by atoms with Gasteiger partial charge in [0.1, 0.15) is 5.00 Å². The molecule has 1 amide bonds. The summed E-state index contributed by atoms with van der Waals surface area (Å²) in [5.41, 5.74) is 3.68. The Bertz CT molecular complexity index is 1230. The Balaban J connectivity index is 1.50. The zero-order valence-electron chi connectivity index (χ0n) is 20.3. The molecule has 0 aliphatic heterocycles. The summed E-state index contributed by atoms with van der Waals surface area (Å²) in [4.78, 5) is 26.9. The number of amides is 1. The molecule has 0 fully saturated rings. The number of hydrogen-bond donors (Lipinski definition) is 1. The van der Waals surface area contributed by atoms with Gasteiger partial charge in [-0.15, -0.1) is 28.1 Å². The van der Waals surface area contributed by atoms with Crippen LogP contribution in [0.2, 0.25) is 0 Å². The van der Waals surface area contributed by atoms with Crippen molar-refractivity contribution in [1.29, 1.82) is 0 Å². The van der Waals surface area contributed by atoms with Crippen LogP contribution >= 0.6 is 23.1 Å². The summed E-state index contributed by atoms with van der Waals surface area (Å²) in [6.45, 7) is 10.1. The predicted octanol–water partition coefficient (Wildman–Crippen LogP) is 5.68. The van der Waals surface area contributed by atoms with E-state index in [0.717, 1.165) is 42.6 Å². The summed E-state index contributed by atoms with van der Waals surface area (Å²) in [5, 5.41) is 12.9. The number of allylic oxidation sites excluding steroid dienone is 1. The monoisotopic (exact) mass is 510 g/mol. The van der Waals surface area contributed by atoms with Crippen molar-refractivity contribution in [1.82, 2.24) is 14.8 Å². The van der Waals surface area contributed by atoms with Crippen LogP contribution in [0.25, 0.3) is 11.4 Å². The number of aromatic nitrogens is 3. The Labute approximate surface area is 214 Å². The molecule has 184 valence electrons. The lowest BCUT2D eigenvalue weighted by molar-refractivity contribution is -0.113. The lowest BCUT2D eigenvalue weighted by atomic mass is 9.95. The molecule has 0 radical (unpaired) electrons. The molecule has 1 N–H and O–H groups in total. The first-order chi connectivity index (χ1) is 16.9. The highest BCUT2D eigenvalue weighted by Gasteiger charge is 2.28. The second-order valence-corrected chi connectivity index (χ2v) is 10.8. The molecule has 1 aliphatic carbocycles. The predicted molar refractivity (Wildman–Crippen MR) is 141 cm³/mol. The van der Waals surface area contributed by atoms with Crippen LogP contribution in [0.4, 0.5) is 5.00 Å². The van der Waals surface area contributed by atoms with E-state index in [2.05, 4.69) is 22.1 Å². The summed E-state index contributed by atoms with van der Waals surface area (Å²) >= 11 is 2.80. The van der Waals surface area contributed by atoms with E-state index in [1.165, 1.54) is 33.5 Å². The van der Waals surface area contributed by atoms with Gasteiger partial charge >= 0.3 is 5.97 Å². The molecule has 1 aromatic carbocycles. The molecule has 7 nitrogen and oxygen atoms in total. The minimum absolute atomic E-state index is 0.143. The maximum Gasteiger partial charge on any atom is 0.341 e. The summed E-state index contributed by atoms with van der Waals surface area (Å²) in [7, 11) is 0. The van der Waals surface area contributed by atoms with Crippen LogP contribution in [0.5, 0.6) is 0 Å². The highest BCUT2D eigenvalue weighted by molar-refractivity contribution is 7.99. The van der Waals surface area contributed by atoms with Crippen LogP contribution in [0.15, 0.2) is 42.1 Å². The number of hydrogen-bond acceptors (Lipinski definition) is 7. The van der Waals surface area contributed by atoms with Crippen molar-refractivity contribution >= 4 is 40.0 Å². The molecule has 35 heavy (non-hydrogen) atoms. The molecule has 3 aromatic rings. The van der Waals surface area contributed by atoms with Crippen molar-refractivity contribution in [2.75, 3.05) is 11.1 Å². The number of carbonyl (C=O) groups excluding carboxylic acids is 2. The lowest BCUT2D eigenvalue weighted by Gasteiger charge is -2.14. The van der Waals surface area contributed by atoms with Crippen LogP contribution in [0.1, 0.15) is 53.1 Å². The topological polar surface area (TPSA) is 86.1 Å². The maximum atomic E-state index is 12.9. The average Bonchev–Trinajstić information content (AvgIpc) is 3.39. The van der Waals surface area contributed by atoms with E-state index in [0.29, 0.717) is 22.3 Å².